The first-order chi connectivity index (χ1) is 6.88. The van der Waals surface area contributed by atoms with Crippen LogP contribution in [-0.4, -0.2) is 22.2 Å². The number of pyridine rings is 1. The maximum Gasteiger partial charge on any atom is 0.129 e. The Kier molecular flexibility index (Phi) is 4.08. The minimum Gasteiger partial charge on any atom is -0.387 e. The van der Waals surface area contributed by atoms with Crippen molar-refractivity contribution in [3.05, 3.63) is 29.0 Å². The summed E-state index contributed by atoms with van der Waals surface area (Å²) in [4.78, 5) is 3.92. The van der Waals surface area contributed by atoms with E-state index >= 15 is 0 Å². The van der Waals surface area contributed by atoms with E-state index in [-0.39, 0.29) is 5.54 Å². The molecule has 0 radical (unpaired) electrons. The fraction of sp³-hybridized carbons (Fsp3) is 0.545. The Labute approximate surface area is 95.5 Å². The second-order valence-electron chi connectivity index (χ2n) is 4.56. The van der Waals surface area contributed by atoms with Crippen molar-refractivity contribution >= 4 is 11.6 Å². The van der Waals surface area contributed by atoms with Crippen LogP contribution in [0.5, 0.6) is 0 Å². The summed E-state index contributed by atoms with van der Waals surface area (Å²) in [6.45, 7) is 6.67. The molecular formula is C11H17ClN2O. The molecule has 0 saturated heterocycles. The second-order valence-corrected chi connectivity index (χ2v) is 4.95. The van der Waals surface area contributed by atoms with Gasteiger partial charge in [-0.25, -0.2) is 4.98 Å². The zero-order valence-corrected chi connectivity index (χ0v) is 10.0. The predicted molar refractivity (Wildman–Crippen MR) is 62.0 cm³/mol. The monoisotopic (exact) mass is 228 g/mol. The molecule has 3 nitrogen and oxygen atoms in total. The number of hydrogen-bond donors (Lipinski definition) is 2. The SMILES string of the molecule is CC(C)(C)NC[C@H](O)c1ccc(Cl)nc1. The number of nitrogens with one attached hydrogen (secondary N) is 1. The summed E-state index contributed by atoms with van der Waals surface area (Å²) in [6.07, 6.45) is 1.05. The molecule has 0 unspecified atom stereocenters. The predicted octanol–water partition coefficient (Wildman–Crippen LogP) is 2.16. The lowest BCUT2D eigenvalue weighted by Gasteiger charge is -2.22. The van der Waals surface area contributed by atoms with Crippen LogP contribution >= 0.6 is 11.6 Å². The second kappa shape index (κ2) is 4.92. The molecule has 0 aliphatic heterocycles. The fourth-order valence-corrected chi connectivity index (χ4v) is 1.22. The van der Waals surface area contributed by atoms with E-state index in [9.17, 15) is 5.11 Å². The van der Waals surface area contributed by atoms with Crippen LogP contribution in [-0.2, 0) is 0 Å². The first-order valence-corrected chi connectivity index (χ1v) is 5.31. The Morgan fingerprint density at radius 2 is 2.13 bits per heavy atom. The smallest absolute Gasteiger partial charge is 0.129 e. The number of β-amino-alcohol motifs (C(OH)–C–C–N with tert-alkyl or cyclic N) is 1. The fourth-order valence-electron chi connectivity index (χ4n) is 1.11. The zero-order valence-electron chi connectivity index (χ0n) is 9.29. The van der Waals surface area contributed by atoms with Gasteiger partial charge < -0.3 is 10.4 Å². The zero-order chi connectivity index (χ0) is 11.5. The summed E-state index contributed by atoms with van der Waals surface area (Å²) in [7, 11) is 0. The largest absolute Gasteiger partial charge is 0.387 e. The molecule has 0 saturated carbocycles. The quantitative estimate of drug-likeness (QED) is 0.780. The van der Waals surface area contributed by atoms with E-state index in [4.69, 9.17) is 11.6 Å². The van der Waals surface area contributed by atoms with Gasteiger partial charge in [-0.05, 0) is 26.8 Å². The van der Waals surface area contributed by atoms with Crippen LogP contribution in [0.1, 0.15) is 32.4 Å². The Morgan fingerprint density at radius 3 is 2.60 bits per heavy atom. The van der Waals surface area contributed by atoms with E-state index in [0.29, 0.717) is 11.7 Å². The van der Waals surface area contributed by atoms with Gasteiger partial charge >= 0.3 is 0 Å². The Bertz CT molecular complexity index is 305. The first-order valence-electron chi connectivity index (χ1n) is 4.93. The summed E-state index contributed by atoms with van der Waals surface area (Å²) in [5.41, 5.74) is 0.775. The van der Waals surface area contributed by atoms with Crippen molar-refractivity contribution in [3.8, 4) is 0 Å². The number of aliphatic hydroxyl groups excluding tert-OH is 1. The van der Waals surface area contributed by atoms with Gasteiger partial charge in [0.25, 0.3) is 0 Å². The highest BCUT2D eigenvalue weighted by Gasteiger charge is 2.13. The van der Waals surface area contributed by atoms with Crippen molar-refractivity contribution in [1.29, 1.82) is 0 Å². The summed E-state index contributed by atoms with van der Waals surface area (Å²) in [6, 6.07) is 3.46. The third-order valence-corrected chi connectivity index (χ3v) is 2.18. The molecule has 0 amide bonds. The van der Waals surface area contributed by atoms with Gasteiger partial charge in [0.1, 0.15) is 5.15 Å². The summed E-state index contributed by atoms with van der Waals surface area (Å²) < 4.78 is 0. The molecule has 1 aromatic rings. The number of hydrogen-bond acceptors (Lipinski definition) is 3. The maximum absolute atomic E-state index is 9.83. The van der Waals surface area contributed by atoms with E-state index in [1.54, 1.807) is 18.3 Å². The third-order valence-electron chi connectivity index (χ3n) is 1.96. The van der Waals surface area contributed by atoms with Crippen LogP contribution in [0.25, 0.3) is 0 Å². The van der Waals surface area contributed by atoms with Gasteiger partial charge in [0.15, 0.2) is 0 Å². The molecule has 0 aliphatic rings. The van der Waals surface area contributed by atoms with Crippen LogP contribution in [0.2, 0.25) is 5.15 Å². The normalized spacial score (nSPS) is 13.9. The molecule has 1 aromatic heterocycles. The van der Waals surface area contributed by atoms with Crippen molar-refractivity contribution in [1.82, 2.24) is 10.3 Å². The van der Waals surface area contributed by atoms with Crippen LogP contribution in [0, 0.1) is 0 Å². The minimum absolute atomic E-state index is 0.000827. The van der Waals surface area contributed by atoms with Crippen molar-refractivity contribution in [2.75, 3.05) is 6.54 Å². The minimum atomic E-state index is -0.547. The molecule has 1 atom stereocenters. The highest BCUT2D eigenvalue weighted by molar-refractivity contribution is 6.29. The molecule has 2 N–H and O–H groups in total. The van der Waals surface area contributed by atoms with Crippen molar-refractivity contribution in [2.24, 2.45) is 0 Å². The summed E-state index contributed by atoms with van der Waals surface area (Å²) in [5.74, 6) is 0. The van der Waals surface area contributed by atoms with Gasteiger partial charge in [0, 0.05) is 23.8 Å². The molecule has 15 heavy (non-hydrogen) atoms. The van der Waals surface area contributed by atoms with Gasteiger partial charge in [-0.1, -0.05) is 17.7 Å². The van der Waals surface area contributed by atoms with Crippen LogP contribution in [0.3, 0.4) is 0 Å². The van der Waals surface area contributed by atoms with Gasteiger partial charge in [0.2, 0.25) is 0 Å². The molecule has 0 fully saturated rings. The molecule has 1 heterocycles. The maximum atomic E-state index is 9.83. The molecule has 0 spiro atoms. The van der Waals surface area contributed by atoms with Crippen LogP contribution < -0.4 is 5.32 Å². The molecule has 1 rings (SSSR count). The van der Waals surface area contributed by atoms with E-state index in [1.807, 2.05) is 0 Å². The number of halogens is 1. The number of rotatable bonds is 3. The average molecular weight is 229 g/mol. The molecular weight excluding hydrogens is 212 g/mol. The van der Waals surface area contributed by atoms with Crippen molar-refractivity contribution in [2.45, 2.75) is 32.4 Å². The third kappa shape index (κ3) is 4.60. The molecule has 0 aliphatic carbocycles. The molecule has 84 valence electrons. The first kappa shape index (κ1) is 12.4. The lowest BCUT2D eigenvalue weighted by atomic mass is 10.1. The van der Waals surface area contributed by atoms with Gasteiger partial charge in [-0.3, -0.25) is 0 Å². The number of aliphatic hydroxyl groups is 1. The van der Waals surface area contributed by atoms with E-state index in [2.05, 4.69) is 31.1 Å². The molecule has 0 bridgehead atoms. The van der Waals surface area contributed by atoms with E-state index < -0.39 is 6.10 Å². The van der Waals surface area contributed by atoms with Crippen molar-refractivity contribution < 1.29 is 5.11 Å². The molecule has 0 aromatic carbocycles. The molecule has 4 heteroatoms. The standard InChI is InChI=1S/C11H17ClN2O/c1-11(2,3)14-7-9(15)8-4-5-10(12)13-6-8/h4-6,9,14-15H,7H2,1-3H3/t9-/m0/s1. The van der Waals surface area contributed by atoms with Crippen LogP contribution in [0.4, 0.5) is 0 Å². The van der Waals surface area contributed by atoms with E-state index in [1.165, 1.54) is 0 Å². The Morgan fingerprint density at radius 1 is 1.47 bits per heavy atom. The Balaban J connectivity index is 2.54. The highest BCUT2D eigenvalue weighted by Crippen LogP contribution is 2.14. The van der Waals surface area contributed by atoms with Gasteiger partial charge in [0.05, 0.1) is 6.10 Å². The number of nitrogens with zero attached hydrogens (tertiary/aromatic N) is 1. The Hall–Kier alpha value is -0.640. The highest BCUT2D eigenvalue weighted by atomic mass is 35.5. The lowest BCUT2D eigenvalue weighted by molar-refractivity contribution is 0.163. The average Bonchev–Trinajstić information content (AvgIpc) is 2.14. The van der Waals surface area contributed by atoms with Crippen LogP contribution in [0.15, 0.2) is 18.3 Å². The van der Waals surface area contributed by atoms with Gasteiger partial charge in [-0.15, -0.1) is 0 Å². The van der Waals surface area contributed by atoms with Crippen molar-refractivity contribution in [3.63, 3.8) is 0 Å². The number of aromatic nitrogens is 1. The summed E-state index contributed by atoms with van der Waals surface area (Å²) >= 11 is 5.66. The van der Waals surface area contributed by atoms with E-state index in [0.717, 1.165) is 5.56 Å². The lowest BCUT2D eigenvalue weighted by Crippen LogP contribution is -2.38. The summed E-state index contributed by atoms with van der Waals surface area (Å²) in [5, 5.41) is 13.5. The van der Waals surface area contributed by atoms with Gasteiger partial charge in [-0.2, -0.15) is 0 Å². The topological polar surface area (TPSA) is 45.1 Å².